The molecule has 0 aliphatic carbocycles. The van der Waals surface area contributed by atoms with Gasteiger partial charge in [-0.15, -0.1) is 0 Å². The molecule has 0 aliphatic heterocycles. The van der Waals surface area contributed by atoms with Crippen molar-refractivity contribution in [3.8, 4) is 5.88 Å². The van der Waals surface area contributed by atoms with E-state index in [1.165, 1.54) is 0 Å². The van der Waals surface area contributed by atoms with Gasteiger partial charge in [0.05, 0.1) is 17.6 Å². The molecule has 1 aromatic rings. The van der Waals surface area contributed by atoms with Crippen LogP contribution in [-0.2, 0) is 12.8 Å². The standard InChI is InChI=1S/C14H24N2O/c1-5-9-11(6-2)17-14-10-15-12(7-3)13(8-4)16-14/h10-11H,5-9H2,1-4H3. The molecule has 0 aliphatic rings. The van der Waals surface area contributed by atoms with E-state index >= 15 is 0 Å². The minimum absolute atomic E-state index is 0.270. The zero-order valence-electron chi connectivity index (χ0n) is 11.5. The molecule has 1 rings (SSSR count). The fourth-order valence-corrected chi connectivity index (χ4v) is 1.91. The SMILES string of the molecule is CCCC(CC)Oc1cnc(CC)c(CC)n1. The molecule has 3 nitrogen and oxygen atoms in total. The van der Waals surface area contributed by atoms with Gasteiger partial charge in [-0.25, -0.2) is 4.98 Å². The zero-order valence-corrected chi connectivity index (χ0v) is 11.5. The van der Waals surface area contributed by atoms with Gasteiger partial charge in [0.1, 0.15) is 6.10 Å². The van der Waals surface area contributed by atoms with Crippen molar-refractivity contribution in [3.63, 3.8) is 0 Å². The Morgan fingerprint density at radius 1 is 1.12 bits per heavy atom. The van der Waals surface area contributed by atoms with E-state index in [-0.39, 0.29) is 6.10 Å². The first-order valence-corrected chi connectivity index (χ1v) is 6.76. The second kappa shape index (κ2) is 7.25. The summed E-state index contributed by atoms with van der Waals surface area (Å²) in [5.74, 6) is 0.680. The van der Waals surface area contributed by atoms with E-state index in [1.54, 1.807) is 6.20 Å². The Hall–Kier alpha value is -1.12. The number of aryl methyl sites for hydroxylation is 2. The summed E-state index contributed by atoms with van der Waals surface area (Å²) in [5, 5.41) is 0. The van der Waals surface area contributed by atoms with E-state index in [2.05, 4.69) is 37.7 Å². The number of aromatic nitrogens is 2. The fourth-order valence-electron chi connectivity index (χ4n) is 1.91. The second-order valence-electron chi connectivity index (χ2n) is 4.25. The van der Waals surface area contributed by atoms with Gasteiger partial charge in [-0.1, -0.05) is 34.1 Å². The molecule has 0 aromatic carbocycles. The quantitative estimate of drug-likeness (QED) is 0.726. The van der Waals surface area contributed by atoms with Crippen LogP contribution in [0.3, 0.4) is 0 Å². The maximum Gasteiger partial charge on any atom is 0.232 e. The minimum atomic E-state index is 0.270. The summed E-state index contributed by atoms with van der Waals surface area (Å²) in [5.41, 5.74) is 2.15. The summed E-state index contributed by atoms with van der Waals surface area (Å²) in [6.45, 7) is 8.54. The van der Waals surface area contributed by atoms with E-state index in [0.717, 1.165) is 43.5 Å². The summed E-state index contributed by atoms with van der Waals surface area (Å²) in [6.07, 6.45) is 7.12. The van der Waals surface area contributed by atoms with Gasteiger partial charge in [0, 0.05) is 0 Å². The van der Waals surface area contributed by atoms with E-state index in [4.69, 9.17) is 4.74 Å². The first-order valence-electron chi connectivity index (χ1n) is 6.76. The van der Waals surface area contributed by atoms with Crippen LogP contribution in [0, 0.1) is 0 Å². The number of hydrogen-bond acceptors (Lipinski definition) is 3. The maximum atomic E-state index is 5.87. The highest BCUT2D eigenvalue weighted by Crippen LogP contribution is 2.15. The molecule has 1 atom stereocenters. The lowest BCUT2D eigenvalue weighted by Gasteiger charge is -2.16. The topological polar surface area (TPSA) is 35.0 Å². The third-order valence-corrected chi connectivity index (χ3v) is 2.93. The van der Waals surface area contributed by atoms with Gasteiger partial charge in [0.25, 0.3) is 0 Å². The van der Waals surface area contributed by atoms with Crippen molar-refractivity contribution in [2.45, 2.75) is 65.9 Å². The highest BCUT2D eigenvalue weighted by Gasteiger charge is 2.10. The Morgan fingerprint density at radius 2 is 1.82 bits per heavy atom. The Kier molecular flexibility index (Phi) is 5.95. The average molecular weight is 236 g/mol. The van der Waals surface area contributed by atoms with Crippen molar-refractivity contribution in [2.24, 2.45) is 0 Å². The van der Waals surface area contributed by atoms with Crippen LogP contribution in [0.4, 0.5) is 0 Å². The molecule has 0 radical (unpaired) electrons. The molecule has 1 heterocycles. The van der Waals surface area contributed by atoms with Gasteiger partial charge in [-0.05, 0) is 25.7 Å². The molecule has 0 bridgehead atoms. The first-order chi connectivity index (χ1) is 8.24. The van der Waals surface area contributed by atoms with E-state index in [0.29, 0.717) is 5.88 Å². The molecule has 17 heavy (non-hydrogen) atoms. The number of ether oxygens (including phenoxy) is 1. The van der Waals surface area contributed by atoms with Gasteiger partial charge in [0.2, 0.25) is 5.88 Å². The van der Waals surface area contributed by atoms with Crippen molar-refractivity contribution in [1.82, 2.24) is 9.97 Å². The van der Waals surface area contributed by atoms with Gasteiger partial charge in [0.15, 0.2) is 0 Å². The maximum absolute atomic E-state index is 5.87. The van der Waals surface area contributed by atoms with Crippen LogP contribution in [0.15, 0.2) is 6.20 Å². The molecule has 0 amide bonds. The van der Waals surface area contributed by atoms with Crippen molar-refractivity contribution >= 4 is 0 Å². The van der Waals surface area contributed by atoms with Gasteiger partial charge < -0.3 is 4.74 Å². The Labute approximate surface area is 105 Å². The Bertz CT molecular complexity index is 339. The summed E-state index contributed by atoms with van der Waals surface area (Å²) in [4.78, 5) is 8.98. The Balaban J connectivity index is 2.77. The lowest BCUT2D eigenvalue weighted by Crippen LogP contribution is -2.16. The molecule has 3 heteroatoms. The molecular weight excluding hydrogens is 212 g/mol. The lowest BCUT2D eigenvalue weighted by molar-refractivity contribution is 0.177. The normalized spacial score (nSPS) is 12.5. The number of hydrogen-bond donors (Lipinski definition) is 0. The van der Waals surface area contributed by atoms with Crippen LogP contribution in [0.25, 0.3) is 0 Å². The minimum Gasteiger partial charge on any atom is -0.473 e. The Morgan fingerprint density at radius 3 is 2.35 bits per heavy atom. The van der Waals surface area contributed by atoms with Crippen LogP contribution in [0.5, 0.6) is 5.88 Å². The third-order valence-electron chi connectivity index (χ3n) is 2.93. The van der Waals surface area contributed by atoms with Gasteiger partial charge in [-0.2, -0.15) is 0 Å². The predicted molar refractivity (Wildman–Crippen MR) is 70.4 cm³/mol. The first kappa shape index (κ1) is 13.9. The molecule has 0 saturated heterocycles. The van der Waals surface area contributed by atoms with Crippen molar-refractivity contribution < 1.29 is 4.74 Å². The van der Waals surface area contributed by atoms with Gasteiger partial charge >= 0.3 is 0 Å². The lowest BCUT2D eigenvalue weighted by atomic mass is 10.1. The summed E-state index contributed by atoms with van der Waals surface area (Å²) in [6, 6.07) is 0. The average Bonchev–Trinajstić information content (AvgIpc) is 2.38. The van der Waals surface area contributed by atoms with E-state index in [9.17, 15) is 0 Å². The summed E-state index contributed by atoms with van der Waals surface area (Å²) >= 11 is 0. The number of rotatable bonds is 7. The van der Waals surface area contributed by atoms with Gasteiger partial charge in [-0.3, -0.25) is 4.98 Å². The smallest absolute Gasteiger partial charge is 0.232 e. The molecule has 1 unspecified atom stereocenters. The monoisotopic (exact) mass is 236 g/mol. The molecule has 0 spiro atoms. The van der Waals surface area contributed by atoms with Crippen molar-refractivity contribution in [3.05, 3.63) is 17.6 Å². The fraction of sp³-hybridized carbons (Fsp3) is 0.714. The van der Waals surface area contributed by atoms with Crippen molar-refractivity contribution in [1.29, 1.82) is 0 Å². The predicted octanol–water partition coefficient (Wildman–Crippen LogP) is 3.56. The van der Waals surface area contributed by atoms with E-state index < -0.39 is 0 Å². The van der Waals surface area contributed by atoms with Crippen LogP contribution in [0.2, 0.25) is 0 Å². The molecule has 0 fully saturated rings. The van der Waals surface area contributed by atoms with Crippen LogP contribution < -0.4 is 4.74 Å². The molecular formula is C14H24N2O. The molecule has 0 saturated carbocycles. The highest BCUT2D eigenvalue weighted by molar-refractivity contribution is 5.17. The summed E-state index contributed by atoms with van der Waals surface area (Å²) in [7, 11) is 0. The highest BCUT2D eigenvalue weighted by atomic mass is 16.5. The second-order valence-corrected chi connectivity index (χ2v) is 4.25. The van der Waals surface area contributed by atoms with Crippen molar-refractivity contribution in [2.75, 3.05) is 0 Å². The van der Waals surface area contributed by atoms with E-state index in [1.807, 2.05) is 0 Å². The largest absolute Gasteiger partial charge is 0.473 e. The van der Waals surface area contributed by atoms with Crippen LogP contribution in [0.1, 0.15) is 58.3 Å². The van der Waals surface area contributed by atoms with Crippen LogP contribution in [-0.4, -0.2) is 16.1 Å². The van der Waals surface area contributed by atoms with Crippen LogP contribution >= 0.6 is 0 Å². The molecule has 1 aromatic heterocycles. The zero-order chi connectivity index (χ0) is 12.7. The third kappa shape index (κ3) is 3.99. The molecule has 96 valence electrons. The number of nitrogens with zero attached hydrogens (tertiary/aromatic N) is 2. The summed E-state index contributed by atoms with van der Waals surface area (Å²) < 4.78 is 5.87. The molecule has 0 N–H and O–H groups in total.